The van der Waals surface area contributed by atoms with Gasteiger partial charge in [0.1, 0.15) is 5.82 Å². The van der Waals surface area contributed by atoms with Crippen molar-refractivity contribution in [3.63, 3.8) is 0 Å². The highest BCUT2D eigenvalue weighted by Crippen LogP contribution is 2.28. The normalized spacial score (nSPS) is 11.8. The fourth-order valence-corrected chi connectivity index (χ4v) is 2.05. The third kappa shape index (κ3) is 3.59. The molecular formula is C13H14ClN5O2. The maximum atomic E-state index is 11.0. The number of hydrazine groups is 1. The molecule has 0 aliphatic rings. The van der Waals surface area contributed by atoms with Crippen molar-refractivity contribution in [1.82, 2.24) is 4.98 Å². The molecular weight excluding hydrogens is 294 g/mol. The summed E-state index contributed by atoms with van der Waals surface area (Å²) in [5.74, 6) is 5.76. The molecule has 7 nitrogen and oxygen atoms in total. The number of aromatic nitrogens is 1. The minimum absolute atomic E-state index is 0.122. The molecule has 0 aliphatic heterocycles. The lowest BCUT2D eigenvalue weighted by molar-refractivity contribution is -0.384. The van der Waals surface area contributed by atoms with E-state index in [1.165, 1.54) is 12.1 Å². The van der Waals surface area contributed by atoms with E-state index in [9.17, 15) is 10.1 Å². The van der Waals surface area contributed by atoms with Gasteiger partial charge in [-0.2, -0.15) is 0 Å². The molecule has 2 aromatic rings. The van der Waals surface area contributed by atoms with E-state index in [1.807, 2.05) is 19.1 Å². The van der Waals surface area contributed by atoms with E-state index in [2.05, 4.69) is 15.7 Å². The lowest BCUT2D eigenvalue weighted by Gasteiger charge is -2.15. The lowest BCUT2D eigenvalue weighted by Crippen LogP contribution is -2.13. The topological polar surface area (TPSA) is 106 Å². The van der Waals surface area contributed by atoms with Gasteiger partial charge in [-0.3, -0.25) is 10.1 Å². The van der Waals surface area contributed by atoms with Crippen molar-refractivity contribution in [3.05, 3.63) is 57.1 Å². The van der Waals surface area contributed by atoms with Crippen LogP contribution in [0.15, 0.2) is 36.4 Å². The fraction of sp³-hybridized carbons (Fsp3) is 0.154. The zero-order valence-electron chi connectivity index (χ0n) is 11.2. The molecule has 1 unspecified atom stereocenters. The van der Waals surface area contributed by atoms with Gasteiger partial charge in [-0.1, -0.05) is 23.7 Å². The fourth-order valence-electron chi connectivity index (χ4n) is 1.85. The van der Waals surface area contributed by atoms with E-state index in [-0.39, 0.29) is 17.5 Å². The van der Waals surface area contributed by atoms with Crippen molar-refractivity contribution in [2.45, 2.75) is 13.0 Å². The summed E-state index contributed by atoms with van der Waals surface area (Å²) in [6, 6.07) is 9.81. The van der Waals surface area contributed by atoms with Crippen molar-refractivity contribution in [2.24, 2.45) is 5.84 Å². The molecule has 0 fully saturated rings. The zero-order chi connectivity index (χ0) is 15.4. The molecule has 0 amide bonds. The first-order chi connectivity index (χ1) is 10.0. The molecule has 0 aliphatic carbocycles. The third-order valence-electron chi connectivity index (χ3n) is 2.92. The Morgan fingerprint density at radius 2 is 2.14 bits per heavy atom. The van der Waals surface area contributed by atoms with Crippen molar-refractivity contribution < 1.29 is 4.92 Å². The van der Waals surface area contributed by atoms with Gasteiger partial charge in [0.15, 0.2) is 0 Å². The van der Waals surface area contributed by atoms with Crippen LogP contribution in [0.2, 0.25) is 5.02 Å². The number of nitro groups is 1. The van der Waals surface area contributed by atoms with Crippen LogP contribution in [0, 0.1) is 10.1 Å². The monoisotopic (exact) mass is 307 g/mol. The largest absolute Gasteiger partial charge is 0.358 e. The van der Waals surface area contributed by atoms with E-state index in [0.717, 1.165) is 5.56 Å². The van der Waals surface area contributed by atoms with Crippen LogP contribution in [-0.4, -0.2) is 9.91 Å². The summed E-state index contributed by atoms with van der Waals surface area (Å²) in [7, 11) is 0. The number of halogens is 1. The Balaban J connectivity index is 2.31. The number of anilines is 2. The summed E-state index contributed by atoms with van der Waals surface area (Å²) in [6.45, 7) is 1.86. The van der Waals surface area contributed by atoms with Crippen molar-refractivity contribution >= 4 is 28.9 Å². The highest BCUT2D eigenvalue weighted by atomic mass is 35.5. The number of benzene rings is 1. The maximum Gasteiger partial charge on any atom is 0.311 e. The van der Waals surface area contributed by atoms with Crippen molar-refractivity contribution in [1.29, 1.82) is 0 Å². The molecule has 0 bridgehead atoms. The SMILES string of the molecule is CC(Nc1nc(NN)ccc1[N+](=O)[O-])c1cccc(Cl)c1. The molecule has 1 heterocycles. The van der Waals surface area contributed by atoms with Gasteiger partial charge in [0.2, 0.25) is 5.82 Å². The van der Waals surface area contributed by atoms with Gasteiger partial charge in [0.05, 0.1) is 11.0 Å². The Bertz CT molecular complexity index is 665. The summed E-state index contributed by atoms with van der Waals surface area (Å²) in [5.41, 5.74) is 3.13. The second-order valence-corrected chi connectivity index (χ2v) is 4.82. The van der Waals surface area contributed by atoms with E-state index in [1.54, 1.807) is 12.1 Å². The zero-order valence-corrected chi connectivity index (χ0v) is 12.0. The second kappa shape index (κ2) is 6.38. The molecule has 0 spiro atoms. The lowest BCUT2D eigenvalue weighted by atomic mass is 10.1. The minimum atomic E-state index is -0.500. The number of hydrogen-bond acceptors (Lipinski definition) is 6. The highest BCUT2D eigenvalue weighted by Gasteiger charge is 2.18. The van der Waals surface area contributed by atoms with Crippen LogP contribution in [0.4, 0.5) is 17.3 Å². The molecule has 2 rings (SSSR count). The molecule has 1 aromatic heterocycles. The number of rotatable bonds is 5. The predicted molar refractivity (Wildman–Crippen MR) is 82.2 cm³/mol. The maximum absolute atomic E-state index is 11.0. The van der Waals surface area contributed by atoms with Gasteiger partial charge in [-0.15, -0.1) is 0 Å². The van der Waals surface area contributed by atoms with Crippen LogP contribution in [0.5, 0.6) is 0 Å². The molecule has 0 radical (unpaired) electrons. The Labute approximate surface area is 126 Å². The average Bonchev–Trinajstić information content (AvgIpc) is 2.46. The summed E-state index contributed by atoms with van der Waals surface area (Å²) < 4.78 is 0. The standard InChI is InChI=1S/C13H14ClN5O2/c1-8(9-3-2-4-10(14)7-9)16-13-11(19(20)21)5-6-12(17-13)18-15/h2-8H,15H2,1H3,(H2,16,17,18). The van der Waals surface area contributed by atoms with Crippen LogP contribution in [-0.2, 0) is 0 Å². The van der Waals surface area contributed by atoms with Gasteiger partial charge < -0.3 is 10.7 Å². The Hall–Kier alpha value is -2.38. The number of pyridine rings is 1. The minimum Gasteiger partial charge on any atom is -0.358 e. The number of nitrogens with two attached hydrogens (primary N) is 1. The van der Waals surface area contributed by atoms with E-state index in [0.29, 0.717) is 10.8 Å². The molecule has 0 saturated heterocycles. The molecule has 8 heteroatoms. The third-order valence-corrected chi connectivity index (χ3v) is 3.16. The number of nitrogen functional groups attached to an aromatic ring is 1. The predicted octanol–water partition coefficient (Wildman–Crippen LogP) is 3.10. The first kappa shape index (κ1) is 15.0. The van der Waals surface area contributed by atoms with Crippen molar-refractivity contribution in [2.75, 3.05) is 10.7 Å². The summed E-state index contributed by atoms with van der Waals surface area (Å²) in [4.78, 5) is 14.6. The van der Waals surface area contributed by atoms with Crippen LogP contribution in [0.25, 0.3) is 0 Å². The molecule has 1 aromatic carbocycles. The molecule has 4 N–H and O–H groups in total. The highest BCUT2D eigenvalue weighted by molar-refractivity contribution is 6.30. The Morgan fingerprint density at radius 3 is 2.76 bits per heavy atom. The summed E-state index contributed by atoms with van der Waals surface area (Å²) >= 11 is 5.94. The van der Waals surface area contributed by atoms with Gasteiger partial charge in [0.25, 0.3) is 0 Å². The number of nitrogens with one attached hydrogen (secondary N) is 2. The molecule has 21 heavy (non-hydrogen) atoms. The van der Waals surface area contributed by atoms with Crippen LogP contribution in [0.3, 0.4) is 0 Å². The van der Waals surface area contributed by atoms with Crippen LogP contribution >= 0.6 is 11.6 Å². The summed E-state index contributed by atoms with van der Waals surface area (Å²) in [5, 5.41) is 14.6. The average molecular weight is 308 g/mol. The smallest absolute Gasteiger partial charge is 0.311 e. The van der Waals surface area contributed by atoms with Crippen LogP contribution < -0.4 is 16.6 Å². The van der Waals surface area contributed by atoms with Gasteiger partial charge in [-0.25, -0.2) is 10.8 Å². The first-order valence-corrected chi connectivity index (χ1v) is 6.53. The van der Waals surface area contributed by atoms with Gasteiger partial charge >= 0.3 is 5.69 Å². The number of nitrogens with zero attached hydrogens (tertiary/aromatic N) is 2. The Morgan fingerprint density at radius 1 is 1.38 bits per heavy atom. The first-order valence-electron chi connectivity index (χ1n) is 6.15. The number of hydrogen-bond donors (Lipinski definition) is 3. The van der Waals surface area contributed by atoms with E-state index >= 15 is 0 Å². The molecule has 110 valence electrons. The second-order valence-electron chi connectivity index (χ2n) is 4.39. The van der Waals surface area contributed by atoms with Crippen molar-refractivity contribution in [3.8, 4) is 0 Å². The Kier molecular flexibility index (Phi) is 4.56. The molecule has 1 atom stereocenters. The summed E-state index contributed by atoms with van der Waals surface area (Å²) in [6.07, 6.45) is 0. The van der Waals surface area contributed by atoms with Gasteiger partial charge in [-0.05, 0) is 30.7 Å². The molecule has 0 saturated carbocycles. The van der Waals surface area contributed by atoms with E-state index < -0.39 is 4.92 Å². The van der Waals surface area contributed by atoms with Gasteiger partial charge in [0, 0.05) is 11.1 Å². The quantitative estimate of drug-likeness (QED) is 0.445. The van der Waals surface area contributed by atoms with Crippen LogP contribution in [0.1, 0.15) is 18.5 Å². The van der Waals surface area contributed by atoms with E-state index in [4.69, 9.17) is 17.4 Å².